The molecule has 0 aliphatic heterocycles. The van der Waals surface area contributed by atoms with Crippen LogP contribution in [0.5, 0.6) is 0 Å². The number of halogens is 1. The molecule has 1 aromatic heterocycles. The van der Waals surface area contributed by atoms with Gasteiger partial charge in [0.1, 0.15) is 0 Å². The molecule has 2 rings (SSSR count). The van der Waals surface area contributed by atoms with Gasteiger partial charge in [0.2, 0.25) is 0 Å². The Hall–Kier alpha value is -0.410. The molecule has 3 heteroatoms. The quantitative estimate of drug-likeness (QED) is 0.579. The molecule has 0 fully saturated rings. The molecule has 0 aliphatic rings. The van der Waals surface area contributed by atoms with Crippen LogP contribution in [0.4, 0.5) is 0 Å². The summed E-state index contributed by atoms with van der Waals surface area (Å²) in [6, 6.07) is 8.42. The third kappa shape index (κ3) is 4.03. The van der Waals surface area contributed by atoms with Crippen LogP contribution in [-0.2, 0) is 6.42 Å². The summed E-state index contributed by atoms with van der Waals surface area (Å²) >= 11 is 5.75. The molecular weight excluding hydrogens is 318 g/mol. The van der Waals surface area contributed by atoms with E-state index in [1.165, 1.54) is 35.4 Å². The molecule has 0 saturated carbocycles. The van der Waals surface area contributed by atoms with E-state index in [1.807, 2.05) is 11.3 Å². The van der Waals surface area contributed by atoms with Crippen LogP contribution in [0.3, 0.4) is 0 Å². The van der Waals surface area contributed by atoms with Crippen LogP contribution in [-0.4, -0.2) is 9.81 Å². The van der Waals surface area contributed by atoms with Gasteiger partial charge in [0.05, 0.1) is 15.2 Å². The molecule has 1 heterocycles. The number of nitrogens with zero attached hydrogens (tertiary/aromatic N) is 1. The summed E-state index contributed by atoms with van der Waals surface area (Å²) in [4.78, 5) is 5.31. The Balaban J connectivity index is 2.05. The first-order valence-electron chi connectivity index (χ1n) is 7.23. The Kier molecular flexibility index (Phi) is 5.83. The number of aromatic nitrogens is 1. The second kappa shape index (κ2) is 7.39. The van der Waals surface area contributed by atoms with Crippen molar-refractivity contribution in [1.82, 2.24) is 4.98 Å². The van der Waals surface area contributed by atoms with Gasteiger partial charge < -0.3 is 0 Å². The predicted molar refractivity (Wildman–Crippen MR) is 89.3 cm³/mol. The number of para-hydroxylation sites is 1. The zero-order valence-corrected chi connectivity index (χ0v) is 14.1. The van der Waals surface area contributed by atoms with Gasteiger partial charge in [0, 0.05) is 11.2 Å². The summed E-state index contributed by atoms with van der Waals surface area (Å²) in [5, 5.41) is 1.26. The summed E-state index contributed by atoms with van der Waals surface area (Å²) < 4.78 is 1.31. The van der Waals surface area contributed by atoms with Crippen LogP contribution < -0.4 is 0 Å². The summed E-state index contributed by atoms with van der Waals surface area (Å²) in [5.41, 5.74) is 1.14. The molecule has 19 heavy (non-hydrogen) atoms. The lowest BCUT2D eigenvalue weighted by atomic mass is 9.93. The van der Waals surface area contributed by atoms with E-state index in [-0.39, 0.29) is 0 Å². The van der Waals surface area contributed by atoms with Crippen molar-refractivity contribution in [1.29, 1.82) is 0 Å². The number of hydrogen-bond donors (Lipinski definition) is 0. The highest BCUT2D eigenvalue weighted by molar-refractivity contribution is 9.09. The number of alkyl halides is 1. The van der Waals surface area contributed by atoms with E-state index >= 15 is 0 Å². The Morgan fingerprint density at radius 2 is 1.84 bits per heavy atom. The van der Waals surface area contributed by atoms with E-state index in [0.717, 1.165) is 17.9 Å². The Morgan fingerprint density at radius 1 is 1.16 bits per heavy atom. The number of fused-ring (bicyclic) bond motifs is 1. The van der Waals surface area contributed by atoms with Crippen molar-refractivity contribution in [3.63, 3.8) is 0 Å². The van der Waals surface area contributed by atoms with Crippen molar-refractivity contribution in [3.05, 3.63) is 29.3 Å². The fraction of sp³-hybridized carbons (Fsp3) is 0.562. The topological polar surface area (TPSA) is 12.9 Å². The molecule has 0 spiro atoms. The van der Waals surface area contributed by atoms with Crippen LogP contribution in [0.2, 0.25) is 0 Å². The molecule has 104 valence electrons. The zero-order valence-electron chi connectivity index (χ0n) is 11.7. The Morgan fingerprint density at radius 3 is 2.47 bits per heavy atom. The normalized spacial score (nSPS) is 13.3. The zero-order chi connectivity index (χ0) is 13.7. The molecule has 1 nitrogen and oxygen atoms in total. The molecule has 0 N–H and O–H groups in total. The van der Waals surface area contributed by atoms with Gasteiger partial charge in [-0.25, -0.2) is 4.98 Å². The lowest BCUT2D eigenvalue weighted by Gasteiger charge is -2.20. The maximum atomic E-state index is 4.74. The third-order valence-electron chi connectivity index (χ3n) is 3.54. The van der Waals surface area contributed by atoms with Gasteiger partial charge in [0.15, 0.2) is 0 Å². The monoisotopic (exact) mass is 339 g/mol. The van der Waals surface area contributed by atoms with E-state index in [9.17, 15) is 0 Å². The van der Waals surface area contributed by atoms with E-state index in [4.69, 9.17) is 4.98 Å². The van der Waals surface area contributed by atoms with Crippen molar-refractivity contribution in [2.75, 3.05) is 0 Å². The standard InChI is InChI=1S/C16H22BrNS/c1-3-7-12(8-4-2)13(17)11-16-18-14-9-5-6-10-15(14)19-16/h5-6,9-10,12-13H,3-4,7-8,11H2,1-2H3. The molecule has 0 aliphatic carbocycles. The van der Waals surface area contributed by atoms with Crippen LogP contribution in [0.1, 0.15) is 44.5 Å². The fourth-order valence-electron chi connectivity index (χ4n) is 2.59. The lowest BCUT2D eigenvalue weighted by Crippen LogP contribution is -2.16. The Labute approximate surface area is 128 Å². The highest BCUT2D eigenvalue weighted by Crippen LogP contribution is 2.29. The number of benzene rings is 1. The summed E-state index contributed by atoms with van der Waals surface area (Å²) in [6.07, 6.45) is 6.23. The third-order valence-corrected chi connectivity index (χ3v) is 5.67. The van der Waals surface area contributed by atoms with E-state index in [0.29, 0.717) is 4.83 Å². The van der Waals surface area contributed by atoms with Gasteiger partial charge in [-0.15, -0.1) is 11.3 Å². The van der Waals surface area contributed by atoms with Crippen molar-refractivity contribution in [2.45, 2.75) is 50.8 Å². The van der Waals surface area contributed by atoms with Gasteiger partial charge in [-0.2, -0.15) is 0 Å². The number of rotatable bonds is 7. The van der Waals surface area contributed by atoms with Crippen LogP contribution >= 0.6 is 27.3 Å². The van der Waals surface area contributed by atoms with Crippen molar-refractivity contribution >= 4 is 37.5 Å². The molecule has 0 amide bonds. The predicted octanol–water partition coefficient (Wildman–Crippen LogP) is 5.82. The minimum Gasteiger partial charge on any atom is -0.241 e. The lowest BCUT2D eigenvalue weighted by molar-refractivity contribution is 0.427. The van der Waals surface area contributed by atoms with Crippen LogP contribution in [0, 0.1) is 5.92 Å². The van der Waals surface area contributed by atoms with E-state index in [2.05, 4.69) is 54.0 Å². The first-order chi connectivity index (χ1) is 9.24. The van der Waals surface area contributed by atoms with Crippen molar-refractivity contribution in [2.24, 2.45) is 5.92 Å². The Bertz CT molecular complexity index is 469. The second-order valence-electron chi connectivity index (χ2n) is 5.13. The van der Waals surface area contributed by atoms with Gasteiger partial charge in [-0.1, -0.05) is 54.8 Å². The van der Waals surface area contributed by atoms with Gasteiger partial charge in [-0.05, 0) is 30.9 Å². The maximum absolute atomic E-state index is 4.74. The molecule has 1 aromatic carbocycles. The summed E-state index contributed by atoms with van der Waals surface area (Å²) in [6.45, 7) is 4.56. The smallest absolute Gasteiger partial charge is 0.0949 e. The van der Waals surface area contributed by atoms with E-state index < -0.39 is 0 Å². The molecular formula is C16H22BrNS. The largest absolute Gasteiger partial charge is 0.241 e. The molecule has 2 aromatic rings. The minimum absolute atomic E-state index is 0.563. The average Bonchev–Trinajstić information content (AvgIpc) is 2.80. The SMILES string of the molecule is CCCC(CCC)C(Br)Cc1nc2ccccc2s1. The van der Waals surface area contributed by atoms with E-state index in [1.54, 1.807) is 0 Å². The fourth-order valence-corrected chi connectivity index (χ4v) is 4.66. The molecule has 1 atom stereocenters. The van der Waals surface area contributed by atoms with Crippen LogP contribution in [0.25, 0.3) is 10.2 Å². The molecule has 0 saturated heterocycles. The molecule has 0 radical (unpaired) electrons. The number of hydrogen-bond acceptors (Lipinski definition) is 2. The van der Waals surface area contributed by atoms with Gasteiger partial charge in [0.25, 0.3) is 0 Å². The number of thiazole rings is 1. The first kappa shape index (κ1) is 15.0. The van der Waals surface area contributed by atoms with Crippen LogP contribution in [0.15, 0.2) is 24.3 Å². The van der Waals surface area contributed by atoms with Crippen molar-refractivity contribution < 1.29 is 0 Å². The van der Waals surface area contributed by atoms with Gasteiger partial charge in [-0.3, -0.25) is 0 Å². The highest BCUT2D eigenvalue weighted by atomic mass is 79.9. The molecule has 1 unspecified atom stereocenters. The van der Waals surface area contributed by atoms with Crippen molar-refractivity contribution in [3.8, 4) is 0 Å². The average molecular weight is 340 g/mol. The minimum atomic E-state index is 0.563. The highest BCUT2D eigenvalue weighted by Gasteiger charge is 2.19. The summed E-state index contributed by atoms with van der Waals surface area (Å²) in [7, 11) is 0. The second-order valence-corrected chi connectivity index (χ2v) is 7.42. The summed E-state index contributed by atoms with van der Waals surface area (Å²) in [5.74, 6) is 0.780. The van der Waals surface area contributed by atoms with Gasteiger partial charge >= 0.3 is 0 Å². The first-order valence-corrected chi connectivity index (χ1v) is 8.96. The maximum Gasteiger partial charge on any atom is 0.0949 e. The molecule has 0 bridgehead atoms.